The molecule has 1 atom stereocenters. The zero-order chi connectivity index (χ0) is 13.5. The van der Waals surface area contributed by atoms with Crippen molar-refractivity contribution in [3.05, 3.63) is 17.5 Å². The minimum atomic E-state index is -0.269. The second-order valence-electron chi connectivity index (χ2n) is 4.31. The van der Waals surface area contributed by atoms with Crippen molar-refractivity contribution in [1.82, 2.24) is 15.1 Å². The summed E-state index contributed by atoms with van der Waals surface area (Å²) in [7, 11) is 1.59. The van der Waals surface area contributed by atoms with Gasteiger partial charge in [0.15, 0.2) is 0 Å². The van der Waals surface area contributed by atoms with Crippen LogP contribution in [0, 0.1) is 13.8 Å². The molecule has 6 heteroatoms. The van der Waals surface area contributed by atoms with Crippen LogP contribution in [0.1, 0.15) is 17.8 Å². The maximum absolute atomic E-state index is 11.8. The summed E-state index contributed by atoms with van der Waals surface area (Å²) in [5, 5.41) is 16.1. The Bertz CT molecular complexity index is 390. The number of aryl methyl sites for hydroxylation is 2. The minimum Gasteiger partial charge on any atom is -0.394 e. The highest BCUT2D eigenvalue weighted by Gasteiger charge is 2.12. The van der Waals surface area contributed by atoms with Crippen molar-refractivity contribution in [1.29, 1.82) is 0 Å². The van der Waals surface area contributed by atoms with Crippen molar-refractivity contribution in [2.75, 3.05) is 20.3 Å². The van der Waals surface area contributed by atoms with Gasteiger partial charge >= 0.3 is 0 Å². The molecule has 1 rings (SSSR count). The summed E-state index contributed by atoms with van der Waals surface area (Å²) in [6.45, 7) is 4.37. The first-order valence-corrected chi connectivity index (χ1v) is 5.97. The van der Waals surface area contributed by atoms with Crippen LogP contribution >= 0.6 is 0 Å². The summed E-state index contributed by atoms with van der Waals surface area (Å²) in [5.74, 6) is -0.156. The SMILES string of the molecule is COCCC(CO)NC(=O)Cn1nc(C)cc1C. The van der Waals surface area contributed by atoms with Gasteiger partial charge in [-0.15, -0.1) is 0 Å². The molecule has 1 amide bonds. The largest absolute Gasteiger partial charge is 0.394 e. The molecule has 6 nitrogen and oxygen atoms in total. The summed E-state index contributed by atoms with van der Waals surface area (Å²) in [5.41, 5.74) is 1.83. The Morgan fingerprint density at radius 1 is 1.61 bits per heavy atom. The molecule has 0 saturated heterocycles. The van der Waals surface area contributed by atoms with E-state index in [4.69, 9.17) is 9.84 Å². The predicted molar refractivity (Wildman–Crippen MR) is 67.2 cm³/mol. The van der Waals surface area contributed by atoms with Crippen LogP contribution in [0.3, 0.4) is 0 Å². The highest BCUT2D eigenvalue weighted by molar-refractivity contribution is 5.76. The van der Waals surface area contributed by atoms with Crippen LogP contribution in [0.15, 0.2) is 6.07 Å². The van der Waals surface area contributed by atoms with Gasteiger partial charge < -0.3 is 15.2 Å². The standard InChI is InChI=1S/C12H21N3O3/c1-9-6-10(2)15(14-9)7-12(17)13-11(8-16)4-5-18-3/h6,11,16H,4-5,7-8H2,1-3H3,(H,13,17). The normalized spacial score (nSPS) is 12.4. The number of amides is 1. The number of hydrogen-bond donors (Lipinski definition) is 2. The number of aliphatic hydroxyl groups is 1. The van der Waals surface area contributed by atoms with Crippen molar-refractivity contribution >= 4 is 5.91 Å². The van der Waals surface area contributed by atoms with E-state index in [1.54, 1.807) is 11.8 Å². The fraction of sp³-hybridized carbons (Fsp3) is 0.667. The lowest BCUT2D eigenvalue weighted by molar-refractivity contribution is -0.123. The van der Waals surface area contributed by atoms with E-state index in [2.05, 4.69) is 10.4 Å². The van der Waals surface area contributed by atoms with E-state index in [0.717, 1.165) is 11.4 Å². The van der Waals surface area contributed by atoms with Gasteiger partial charge in [0.2, 0.25) is 5.91 Å². The van der Waals surface area contributed by atoms with E-state index < -0.39 is 0 Å². The first-order chi connectivity index (χ1) is 8.56. The quantitative estimate of drug-likeness (QED) is 0.720. The Kier molecular flexibility index (Phi) is 5.80. The van der Waals surface area contributed by atoms with Gasteiger partial charge in [0.25, 0.3) is 0 Å². The van der Waals surface area contributed by atoms with E-state index in [1.165, 1.54) is 0 Å². The average molecular weight is 255 g/mol. The zero-order valence-corrected chi connectivity index (χ0v) is 11.1. The number of ether oxygens (including phenoxy) is 1. The Morgan fingerprint density at radius 2 is 2.33 bits per heavy atom. The van der Waals surface area contributed by atoms with Crippen LogP contribution in [0.2, 0.25) is 0 Å². The van der Waals surface area contributed by atoms with E-state index in [0.29, 0.717) is 13.0 Å². The minimum absolute atomic E-state index is 0.0911. The third-order valence-electron chi connectivity index (χ3n) is 2.65. The number of aromatic nitrogens is 2. The zero-order valence-electron chi connectivity index (χ0n) is 11.1. The second-order valence-corrected chi connectivity index (χ2v) is 4.31. The lowest BCUT2D eigenvalue weighted by atomic mass is 10.2. The van der Waals surface area contributed by atoms with Crippen molar-refractivity contribution in [3.8, 4) is 0 Å². The van der Waals surface area contributed by atoms with Crippen molar-refractivity contribution < 1.29 is 14.6 Å². The summed E-state index contributed by atoms with van der Waals surface area (Å²) in [6.07, 6.45) is 0.593. The van der Waals surface area contributed by atoms with Gasteiger partial charge in [-0.2, -0.15) is 5.10 Å². The lowest BCUT2D eigenvalue weighted by Gasteiger charge is -2.16. The van der Waals surface area contributed by atoms with Gasteiger partial charge in [0.05, 0.1) is 18.3 Å². The second kappa shape index (κ2) is 7.13. The number of rotatable bonds is 7. The maximum Gasteiger partial charge on any atom is 0.242 e. The molecule has 0 aliphatic carbocycles. The molecule has 0 aliphatic rings. The Labute approximate surface area is 107 Å². The Hall–Kier alpha value is -1.40. The van der Waals surface area contributed by atoms with Crippen molar-refractivity contribution in [2.45, 2.75) is 32.9 Å². The van der Waals surface area contributed by atoms with Crippen molar-refractivity contribution in [3.63, 3.8) is 0 Å². The fourth-order valence-corrected chi connectivity index (χ4v) is 1.71. The number of aliphatic hydroxyl groups excluding tert-OH is 1. The molecule has 2 N–H and O–H groups in total. The number of carbonyl (C=O) groups excluding carboxylic acids is 1. The molecular weight excluding hydrogens is 234 g/mol. The summed E-state index contributed by atoms with van der Waals surface area (Å²) >= 11 is 0. The van der Waals surface area contributed by atoms with E-state index in [1.807, 2.05) is 19.9 Å². The molecular formula is C12H21N3O3. The maximum atomic E-state index is 11.8. The molecule has 0 aliphatic heterocycles. The molecule has 0 aromatic carbocycles. The van der Waals surface area contributed by atoms with E-state index in [-0.39, 0.29) is 25.1 Å². The number of nitrogens with zero attached hydrogens (tertiary/aromatic N) is 2. The van der Waals surface area contributed by atoms with Gasteiger partial charge in [0, 0.05) is 19.4 Å². The molecule has 1 aromatic heterocycles. The fourth-order valence-electron chi connectivity index (χ4n) is 1.71. The molecule has 0 saturated carbocycles. The highest BCUT2D eigenvalue weighted by atomic mass is 16.5. The third-order valence-corrected chi connectivity index (χ3v) is 2.65. The molecule has 1 heterocycles. The van der Waals surface area contributed by atoms with Gasteiger partial charge in [0.1, 0.15) is 6.54 Å². The van der Waals surface area contributed by atoms with Gasteiger partial charge in [-0.05, 0) is 26.3 Å². The van der Waals surface area contributed by atoms with E-state index >= 15 is 0 Å². The number of methoxy groups -OCH3 is 1. The van der Waals surface area contributed by atoms with Crippen LogP contribution in [0.4, 0.5) is 0 Å². The van der Waals surface area contributed by atoms with Crippen molar-refractivity contribution in [2.24, 2.45) is 0 Å². The number of carbonyl (C=O) groups is 1. The van der Waals surface area contributed by atoms with Gasteiger partial charge in [-0.1, -0.05) is 0 Å². The first-order valence-electron chi connectivity index (χ1n) is 5.97. The highest BCUT2D eigenvalue weighted by Crippen LogP contribution is 2.01. The third kappa shape index (κ3) is 4.46. The van der Waals surface area contributed by atoms with Gasteiger partial charge in [-0.3, -0.25) is 9.48 Å². The summed E-state index contributed by atoms with van der Waals surface area (Å²) < 4.78 is 6.56. The summed E-state index contributed by atoms with van der Waals surface area (Å²) in [6, 6.07) is 1.65. The number of hydrogen-bond acceptors (Lipinski definition) is 4. The molecule has 102 valence electrons. The van der Waals surface area contributed by atoms with E-state index in [9.17, 15) is 4.79 Å². The molecule has 0 radical (unpaired) electrons. The first kappa shape index (κ1) is 14.7. The monoisotopic (exact) mass is 255 g/mol. The predicted octanol–water partition coefficient (Wildman–Crippen LogP) is 0.0135. The topological polar surface area (TPSA) is 76.4 Å². The lowest BCUT2D eigenvalue weighted by Crippen LogP contribution is -2.40. The Morgan fingerprint density at radius 3 is 2.83 bits per heavy atom. The molecule has 0 spiro atoms. The molecule has 18 heavy (non-hydrogen) atoms. The van der Waals surface area contributed by atoms with Crippen LogP contribution in [0.5, 0.6) is 0 Å². The average Bonchev–Trinajstić information content (AvgIpc) is 2.63. The molecule has 1 aromatic rings. The smallest absolute Gasteiger partial charge is 0.242 e. The van der Waals surface area contributed by atoms with Crippen LogP contribution in [-0.2, 0) is 16.1 Å². The van der Waals surface area contributed by atoms with Crippen LogP contribution in [0.25, 0.3) is 0 Å². The van der Waals surface area contributed by atoms with Crippen LogP contribution < -0.4 is 5.32 Å². The molecule has 0 bridgehead atoms. The molecule has 1 unspecified atom stereocenters. The summed E-state index contributed by atoms with van der Waals surface area (Å²) in [4.78, 5) is 11.8. The Balaban J connectivity index is 2.47. The van der Waals surface area contributed by atoms with Gasteiger partial charge in [-0.25, -0.2) is 0 Å². The van der Waals surface area contributed by atoms with Crippen LogP contribution in [-0.4, -0.2) is 47.2 Å². The number of nitrogens with one attached hydrogen (secondary N) is 1. The molecule has 0 fully saturated rings.